The Bertz CT molecular complexity index is 1250. The van der Waals surface area contributed by atoms with Crippen LogP contribution in [0.1, 0.15) is 34.3 Å². The largest absolute Gasteiger partial charge is 0.459 e. The van der Waals surface area contributed by atoms with Crippen LogP contribution in [0.4, 0.5) is 0 Å². The van der Waals surface area contributed by atoms with Crippen molar-refractivity contribution < 1.29 is 28.7 Å². The number of carbonyl (C=O) groups excluding carboxylic acids is 5. The number of likely N-dealkylation sites (N-methyl/N-ethyl adjacent to an activating group) is 1. The van der Waals surface area contributed by atoms with Gasteiger partial charge in [-0.25, -0.2) is 4.79 Å². The maximum atomic E-state index is 13.4. The highest BCUT2D eigenvalue weighted by molar-refractivity contribution is 7.98. The van der Waals surface area contributed by atoms with E-state index >= 15 is 0 Å². The zero-order valence-electron chi connectivity index (χ0n) is 22.6. The number of hydrogen-bond acceptors (Lipinski definition) is 7. The number of likely N-dealkylation sites (tertiary alicyclic amines) is 1. The van der Waals surface area contributed by atoms with Gasteiger partial charge >= 0.3 is 5.97 Å². The molecule has 1 saturated heterocycles. The first-order chi connectivity index (χ1) is 19.2. The Hall–Kier alpha value is -3.86. The Morgan fingerprint density at radius 2 is 1.80 bits per heavy atom. The summed E-state index contributed by atoms with van der Waals surface area (Å²) in [5, 5.41) is 5.42. The van der Waals surface area contributed by atoms with Crippen LogP contribution >= 0.6 is 11.8 Å². The number of carbonyl (C=O) groups is 5. The number of rotatable bonds is 5. The summed E-state index contributed by atoms with van der Waals surface area (Å²) in [4.78, 5) is 68.5. The zero-order valence-corrected chi connectivity index (χ0v) is 23.4. The predicted octanol–water partition coefficient (Wildman–Crippen LogP) is 1.38. The maximum absolute atomic E-state index is 13.4. The summed E-state index contributed by atoms with van der Waals surface area (Å²) in [6, 6.07) is 13.4. The van der Waals surface area contributed by atoms with Crippen LogP contribution in [0.5, 0.6) is 0 Å². The highest BCUT2D eigenvalue weighted by Gasteiger charge is 2.37. The van der Waals surface area contributed by atoms with Crippen molar-refractivity contribution in [2.75, 3.05) is 33.0 Å². The first kappa shape index (κ1) is 29.1. The number of ether oxygens (including phenoxy) is 1. The van der Waals surface area contributed by atoms with E-state index in [0.29, 0.717) is 30.7 Å². The molecule has 0 aliphatic carbocycles. The molecule has 4 rings (SSSR count). The summed E-state index contributed by atoms with van der Waals surface area (Å²) in [5.41, 5.74) is 1.96. The molecule has 0 radical (unpaired) electrons. The van der Waals surface area contributed by atoms with E-state index in [1.165, 1.54) is 21.6 Å². The summed E-state index contributed by atoms with van der Waals surface area (Å²) >= 11 is 1.41. The van der Waals surface area contributed by atoms with Gasteiger partial charge < -0.3 is 25.2 Å². The van der Waals surface area contributed by atoms with Crippen LogP contribution in [-0.2, 0) is 36.1 Å². The molecule has 40 heavy (non-hydrogen) atoms. The summed E-state index contributed by atoms with van der Waals surface area (Å²) in [6.07, 6.45) is 1.27. The van der Waals surface area contributed by atoms with E-state index < -0.39 is 42.5 Å². The van der Waals surface area contributed by atoms with Crippen molar-refractivity contribution in [2.45, 2.75) is 43.1 Å². The average Bonchev–Trinajstić information content (AvgIpc) is 3.45. The number of cyclic esters (lactones) is 1. The lowest BCUT2D eigenvalue weighted by Gasteiger charge is -2.28. The second kappa shape index (κ2) is 13.5. The van der Waals surface area contributed by atoms with Gasteiger partial charge in [0, 0.05) is 32.1 Å². The van der Waals surface area contributed by atoms with Crippen LogP contribution in [0.25, 0.3) is 0 Å². The van der Waals surface area contributed by atoms with Crippen molar-refractivity contribution in [3.8, 4) is 0 Å². The predicted molar refractivity (Wildman–Crippen MR) is 150 cm³/mol. The number of nitrogens with zero attached hydrogens (tertiary/aromatic N) is 2. The first-order valence-corrected chi connectivity index (χ1v) is 14.4. The topological polar surface area (TPSA) is 125 Å². The van der Waals surface area contributed by atoms with Crippen LogP contribution in [-0.4, -0.2) is 90.5 Å². The smallest absolute Gasteiger partial charge is 0.338 e. The van der Waals surface area contributed by atoms with Crippen molar-refractivity contribution in [3.63, 3.8) is 0 Å². The molecule has 212 valence electrons. The van der Waals surface area contributed by atoms with Crippen molar-refractivity contribution >= 4 is 41.4 Å². The lowest BCUT2D eigenvalue weighted by Crippen LogP contribution is -2.58. The molecule has 2 aliphatic heterocycles. The van der Waals surface area contributed by atoms with E-state index in [9.17, 15) is 24.0 Å². The number of hydrogen-bond donors (Lipinski definition) is 2. The van der Waals surface area contributed by atoms with Crippen LogP contribution in [0.15, 0.2) is 54.6 Å². The van der Waals surface area contributed by atoms with Crippen molar-refractivity contribution in [2.24, 2.45) is 0 Å². The fraction of sp³-hybridized carbons (Fsp3) is 0.414. The van der Waals surface area contributed by atoms with Crippen molar-refractivity contribution in [1.29, 1.82) is 0 Å². The molecular weight excluding hydrogens is 532 g/mol. The molecule has 0 spiro atoms. The Morgan fingerprint density at radius 1 is 1.07 bits per heavy atom. The molecule has 11 heteroatoms. The fourth-order valence-corrected chi connectivity index (χ4v) is 5.84. The van der Waals surface area contributed by atoms with E-state index in [-0.39, 0.29) is 24.0 Å². The number of esters is 1. The molecule has 0 aromatic heterocycles. The van der Waals surface area contributed by atoms with E-state index in [1.54, 1.807) is 26.2 Å². The van der Waals surface area contributed by atoms with E-state index in [0.717, 1.165) is 11.1 Å². The molecule has 2 aromatic carbocycles. The highest BCUT2D eigenvalue weighted by Crippen LogP contribution is 2.21. The average molecular weight is 567 g/mol. The van der Waals surface area contributed by atoms with E-state index in [4.69, 9.17) is 4.74 Å². The monoisotopic (exact) mass is 566 g/mol. The van der Waals surface area contributed by atoms with E-state index in [1.807, 2.05) is 42.5 Å². The second-order valence-corrected chi connectivity index (χ2v) is 11.1. The number of amides is 4. The third-order valence-electron chi connectivity index (χ3n) is 6.92. The van der Waals surface area contributed by atoms with Gasteiger partial charge in [0.1, 0.15) is 24.7 Å². The van der Waals surface area contributed by atoms with Crippen molar-refractivity contribution in [3.05, 3.63) is 71.3 Å². The molecule has 2 aromatic rings. The molecule has 3 atom stereocenters. The normalized spacial score (nSPS) is 21.6. The third kappa shape index (κ3) is 7.20. The lowest BCUT2D eigenvalue weighted by atomic mass is 10.1. The van der Waals surface area contributed by atoms with Gasteiger partial charge in [-0.15, -0.1) is 0 Å². The third-order valence-corrected chi connectivity index (χ3v) is 8.01. The zero-order chi connectivity index (χ0) is 28.6. The summed E-state index contributed by atoms with van der Waals surface area (Å²) in [5.74, 6) is -1.50. The van der Waals surface area contributed by atoms with Crippen LogP contribution in [0.3, 0.4) is 0 Å². The fourth-order valence-electron chi connectivity index (χ4n) is 4.79. The number of benzene rings is 2. The molecule has 0 bridgehead atoms. The Labute approximate surface area is 237 Å². The van der Waals surface area contributed by atoms with Gasteiger partial charge in [0.2, 0.25) is 23.6 Å². The molecule has 2 N–H and O–H groups in total. The molecule has 1 fully saturated rings. The molecular formula is C29H34N4O6S. The van der Waals surface area contributed by atoms with Gasteiger partial charge in [-0.1, -0.05) is 48.5 Å². The number of nitrogens with one attached hydrogen (secondary N) is 2. The van der Waals surface area contributed by atoms with Crippen LogP contribution in [0, 0.1) is 0 Å². The van der Waals surface area contributed by atoms with Crippen LogP contribution in [0.2, 0.25) is 0 Å². The SMILES string of the molecule is CN(C)C(=O)[C@H]1CSCc2ccccc2C(=O)OC[C@@H](NC(=O)[C@@H]2CCCN2C(=O)Cc2ccccc2)C(=O)N1. The van der Waals surface area contributed by atoms with Gasteiger partial charge in [0.25, 0.3) is 0 Å². The molecule has 0 unspecified atom stereocenters. The molecule has 2 heterocycles. The number of fused-ring (bicyclic) bond motifs is 1. The molecule has 10 nitrogen and oxygen atoms in total. The molecule has 2 aliphatic rings. The van der Waals surface area contributed by atoms with Gasteiger partial charge in [-0.05, 0) is 30.0 Å². The Morgan fingerprint density at radius 3 is 2.55 bits per heavy atom. The Kier molecular flexibility index (Phi) is 9.81. The lowest BCUT2D eigenvalue weighted by molar-refractivity contribution is -0.140. The second-order valence-electron chi connectivity index (χ2n) is 10.0. The maximum Gasteiger partial charge on any atom is 0.338 e. The van der Waals surface area contributed by atoms with Gasteiger partial charge in [-0.2, -0.15) is 11.8 Å². The van der Waals surface area contributed by atoms with E-state index in [2.05, 4.69) is 10.6 Å². The standard InChI is InChI=1S/C29H34N4O6S/c1-32(2)28(37)23-18-40-17-20-11-6-7-12-21(20)29(38)39-16-22(26(35)31-23)30-27(36)24-13-8-14-33(24)25(34)15-19-9-4-3-5-10-19/h3-7,9-12,22-24H,8,13-18H2,1-2H3,(H,30,36)(H,31,35)/t22-,23-,24+/m1/s1. The quantitative estimate of drug-likeness (QED) is 0.524. The highest BCUT2D eigenvalue weighted by atomic mass is 32.2. The minimum Gasteiger partial charge on any atom is -0.459 e. The van der Waals surface area contributed by atoms with Gasteiger partial charge in [0.05, 0.1) is 12.0 Å². The van der Waals surface area contributed by atoms with Crippen LogP contribution < -0.4 is 10.6 Å². The van der Waals surface area contributed by atoms with Gasteiger partial charge in [0.15, 0.2) is 0 Å². The minimum atomic E-state index is -1.25. The first-order valence-electron chi connectivity index (χ1n) is 13.2. The molecule has 0 saturated carbocycles. The Balaban J connectivity index is 1.52. The minimum absolute atomic E-state index is 0.164. The van der Waals surface area contributed by atoms with Crippen molar-refractivity contribution in [1.82, 2.24) is 20.4 Å². The summed E-state index contributed by atoms with van der Waals surface area (Å²) < 4.78 is 5.48. The molecule has 4 amide bonds. The van der Waals surface area contributed by atoms with Gasteiger partial charge in [-0.3, -0.25) is 19.2 Å². The number of thioether (sulfide) groups is 1. The summed E-state index contributed by atoms with van der Waals surface area (Å²) in [7, 11) is 3.21. The summed E-state index contributed by atoms with van der Waals surface area (Å²) in [6.45, 7) is 0.00839.